The Labute approximate surface area is 362 Å². The molecule has 2 atom stereocenters. The van der Waals surface area contributed by atoms with E-state index >= 15 is 0 Å². The summed E-state index contributed by atoms with van der Waals surface area (Å²) in [4.78, 5) is 27.7. The van der Waals surface area contributed by atoms with Crippen LogP contribution in [0.4, 0.5) is 9.59 Å². The van der Waals surface area contributed by atoms with E-state index in [1.165, 1.54) is 180 Å². The third-order valence-electron chi connectivity index (χ3n) is 12.2. The number of amides is 4. The number of urea groups is 2. The fraction of sp³-hybridized carbons (Fsp3) is 0.960. The summed E-state index contributed by atoms with van der Waals surface area (Å²) in [5, 5.41) is 22.0. The number of unbranched alkanes of at least 4 members (excludes halogenated alkanes) is 23. The number of rotatable bonds is 46. The molecule has 8 nitrogen and oxygen atoms in total. The van der Waals surface area contributed by atoms with Crippen LogP contribution in [-0.2, 0) is 0 Å². The van der Waals surface area contributed by atoms with Crippen molar-refractivity contribution in [1.29, 1.82) is 0 Å². The highest BCUT2D eigenvalue weighted by Gasteiger charge is 2.12. The van der Waals surface area contributed by atoms with Crippen LogP contribution in [0, 0.1) is 11.8 Å². The summed E-state index contributed by atoms with van der Waals surface area (Å²) in [7, 11) is 0. The maximum Gasteiger partial charge on any atom is 0.314 e. The fourth-order valence-corrected chi connectivity index (χ4v) is 8.26. The van der Waals surface area contributed by atoms with Crippen LogP contribution in [0.5, 0.6) is 0 Å². The van der Waals surface area contributed by atoms with Gasteiger partial charge in [0, 0.05) is 32.8 Å². The van der Waals surface area contributed by atoms with E-state index in [-0.39, 0.29) is 18.7 Å². The lowest BCUT2D eigenvalue weighted by molar-refractivity contribution is 0.233. The Bertz CT molecular complexity index is 784. The Morgan fingerprint density at radius 2 is 0.672 bits per heavy atom. The van der Waals surface area contributed by atoms with E-state index in [0.717, 1.165) is 84.3 Å². The van der Waals surface area contributed by atoms with E-state index < -0.39 is 0 Å². The molecule has 0 aromatic carbocycles. The Hall–Kier alpha value is -1.54. The molecule has 58 heavy (non-hydrogen) atoms. The van der Waals surface area contributed by atoms with Crippen molar-refractivity contribution in [3.05, 3.63) is 0 Å². The summed E-state index contributed by atoms with van der Waals surface area (Å²) >= 11 is 0. The number of carbonyl (C=O) groups is 2. The Morgan fingerprint density at radius 3 is 1.03 bits per heavy atom. The predicted octanol–water partition coefficient (Wildman–Crippen LogP) is 13.5. The first-order valence-electron chi connectivity index (χ1n) is 25.9. The van der Waals surface area contributed by atoms with Crippen molar-refractivity contribution in [1.82, 2.24) is 26.2 Å². The lowest BCUT2D eigenvalue weighted by atomic mass is 9.94. The highest BCUT2D eigenvalue weighted by Crippen LogP contribution is 2.20. The lowest BCUT2D eigenvalue weighted by Crippen LogP contribution is -2.38. The van der Waals surface area contributed by atoms with Gasteiger partial charge in [0.05, 0.1) is 0 Å². The minimum absolute atomic E-state index is 0.00586. The number of hydrogen-bond donors (Lipinski definition) is 5. The molecule has 0 aromatic heterocycles. The number of hydrogen-bond acceptors (Lipinski definition) is 4. The van der Waals surface area contributed by atoms with Crippen molar-refractivity contribution >= 4 is 12.1 Å². The van der Waals surface area contributed by atoms with Crippen molar-refractivity contribution in [2.75, 3.05) is 52.4 Å². The molecule has 0 fully saturated rings. The third kappa shape index (κ3) is 41.2. The first-order chi connectivity index (χ1) is 28.5. The number of aliphatic hydroxyl groups excluding tert-OH is 1. The van der Waals surface area contributed by atoms with Gasteiger partial charge in [-0.3, -0.25) is 0 Å². The molecule has 5 N–H and O–H groups in total. The van der Waals surface area contributed by atoms with Crippen molar-refractivity contribution in [3.63, 3.8) is 0 Å². The quantitative estimate of drug-likeness (QED) is 0.0394. The van der Waals surface area contributed by atoms with Gasteiger partial charge in [0.1, 0.15) is 0 Å². The zero-order chi connectivity index (χ0) is 42.4. The molecule has 0 radical (unpaired) electrons. The van der Waals surface area contributed by atoms with Gasteiger partial charge in [-0.25, -0.2) is 9.59 Å². The van der Waals surface area contributed by atoms with Crippen molar-refractivity contribution < 1.29 is 14.7 Å². The summed E-state index contributed by atoms with van der Waals surface area (Å²) in [5.74, 6) is 1.22. The normalized spacial score (nSPS) is 12.5. The average molecular weight is 822 g/mol. The van der Waals surface area contributed by atoms with E-state index in [4.69, 9.17) is 0 Å². The van der Waals surface area contributed by atoms with Crippen molar-refractivity contribution in [2.24, 2.45) is 11.8 Å². The topological polar surface area (TPSA) is 106 Å². The zero-order valence-electron chi connectivity index (χ0n) is 39.6. The highest BCUT2D eigenvalue weighted by atomic mass is 16.3. The van der Waals surface area contributed by atoms with Gasteiger partial charge in [-0.2, -0.15) is 0 Å². The second kappa shape index (κ2) is 46.5. The van der Waals surface area contributed by atoms with Crippen LogP contribution in [0.2, 0.25) is 0 Å². The van der Waals surface area contributed by atoms with Gasteiger partial charge in [-0.15, -0.1) is 0 Å². The number of nitrogens with zero attached hydrogens (tertiary/aromatic N) is 1. The van der Waals surface area contributed by atoms with Crippen molar-refractivity contribution in [2.45, 2.75) is 246 Å². The van der Waals surface area contributed by atoms with E-state index in [9.17, 15) is 14.7 Å². The highest BCUT2D eigenvalue weighted by molar-refractivity contribution is 5.74. The number of nitrogens with one attached hydrogen (secondary N) is 4. The molecule has 0 aliphatic carbocycles. The SMILES string of the molecule is CCCCCCCCC(CCCCCC)CNC(=O)NCCCCCCN(CCCCO)CCCCCCNC(=O)NCC(CCCCCC)CCCCCCCC. The number of carbonyl (C=O) groups excluding carboxylic acids is 2. The standard InChI is InChI=1S/C50H103N5O3/c1-5-9-13-17-19-27-37-47(35-25-15-11-7-3)45-53-49(57)51-39-29-21-23-31-41-55(43-33-34-44-56)42-32-24-22-30-40-52-50(58)54-46-48(36-26-16-12-8-4)38-28-20-18-14-10-6-2/h47-48,56H,5-46H2,1-4H3,(H2,51,53,57)(H2,52,54,58). The maximum absolute atomic E-state index is 12.6. The molecule has 0 bridgehead atoms. The van der Waals surface area contributed by atoms with E-state index in [2.05, 4.69) is 53.9 Å². The first kappa shape index (κ1) is 56.5. The molecule has 0 aliphatic heterocycles. The molecule has 0 heterocycles. The predicted molar refractivity (Wildman–Crippen MR) is 253 cm³/mol. The molecule has 0 aromatic rings. The van der Waals surface area contributed by atoms with Crippen LogP contribution in [0.1, 0.15) is 246 Å². The molecular formula is C50H103N5O3. The third-order valence-corrected chi connectivity index (χ3v) is 12.2. The monoisotopic (exact) mass is 822 g/mol. The largest absolute Gasteiger partial charge is 0.396 e. The number of aliphatic hydroxyl groups is 1. The van der Waals surface area contributed by atoms with Gasteiger partial charge in [-0.1, -0.05) is 182 Å². The summed E-state index contributed by atoms with van der Waals surface area (Å²) in [6, 6.07) is 0.0117. The minimum Gasteiger partial charge on any atom is -0.396 e. The molecule has 0 rings (SSSR count). The lowest BCUT2D eigenvalue weighted by Gasteiger charge is -2.22. The van der Waals surface area contributed by atoms with Crippen LogP contribution >= 0.6 is 0 Å². The summed E-state index contributed by atoms with van der Waals surface area (Å²) in [6.07, 6.45) is 42.3. The Kier molecular flexibility index (Phi) is 45.3. The fourth-order valence-electron chi connectivity index (χ4n) is 8.26. The van der Waals surface area contributed by atoms with Crippen LogP contribution in [0.25, 0.3) is 0 Å². The van der Waals surface area contributed by atoms with Gasteiger partial charge >= 0.3 is 12.1 Å². The summed E-state index contributed by atoms with van der Waals surface area (Å²) in [6.45, 7) is 15.8. The van der Waals surface area contributed by atoms with Gasteiger partial charge in [0.15, 0.2) is 0 Å². The molecule has 0 aliphatic rings. The van der Waals surface area contributed by atoms with Gasteiger partial charge < -0.3 is 31.3 Å². The zero-order valence-corrected chi connectivity index (χ0v) is 39.6. The summed E-state index contributed by atoms with van der Waals surface area (Å²) < 4.78 is 0. The van der Waals surface area contributed by atoms with Gasteiger partial charge in [0.2, 0.25) is 0 Å². The molecule has 346 valence electrons. The summed E-state index contributed by atoms with van der Waals surface area (Å²) in [5.41, 5.74) is 0. The minimum atomic E-state index is 0.00586. The van der Waals surface area contributed by atoms with Crippen LogP contribution in [-0.4, -0.2) is 74.5 Å². The second-order valence-corrected chi connectivity index (χ2v) is 17.9. The average Bonchev–Trinajstić information content (AvgIpc) is 3.22. The Morgan fingerprint density at radius 1 is 0.379 bits per heavy atom. The molecule has 2 unspecified atom stereocenters. The van der Waals surface area contributed by atoms with E-state index in [1.54, 1.807) is 0 Å². The van der Waals surface area contributed by atoms with Crippen LogP contribution in [0.3, 0.4) is 0 Å². The van der Waals surface area contributed by atoms with Gasteiger partial charge in [0.25, 0.3) is 0 Å². The van der Waals surface area contributed by atoms with E-state index in [1.807, 2.05) is 0 Å². The van der Waals surface area contributed by atoms with Gasteiger partial charge in [-0.05, 0) is 95.7 Å². The molecule has 0 saturated heterocycles. The smallest absolute Gasteiger partial charge is 0.314 e. The molecule has 0 saturated carbocycles. The maximum atomic E-state index is 12.6. The van der Waals surface area contributed by atoms with Crippen molar-refractivity contribution in [3.8, 4) is 0 Å². The van der Waals surface area contributed by atoms with E-state index in [0.29, 0.717) is 11.8 Å². The molecule has 0 spiro atoms. The van der Waals surface area contributed by atoms with Crippen LogP contribution < -0.4 is 21.3 Å². The second-order valence-electron chi connectivity index (χ2n) is 17.9. The molecular weight excluding hydrogens is 719 g/mol. The first-order valence-corrected chi connectivity index (χ1v) is 25.9. The molecule has 8 heteroatoms. The van der Waals surface area contributed by atoms with Crippen LogP contribution in [0.15, 0.2) is 0 Å². The Balaban J connectivity index is 4.22. The molecule has 4 amide bonds.